The van der Waals surface area contributed by atoms with E-state index in [0.29, 0.717) is 21.7 Å². The molecule has 0 saturated heterocycles. The summed E-state index contributed by atoms with van der Waals surface area (Å²) >= 11 is 0.938. The second-order valence-electron chi connectivity index (χ2n) is 8.91. The molecule has 38 heavy (non-hydrogen) atoms. The molecule has 4 aromatic rings. The van der Waals surface area contributed by atoms with E-state index < -0.39 is 34.0 Å². The number of hydrogen-bond donors (Lipinski definition) is 3. The number of rotatable bonds is 11. The van der Waals surface area contributed by atoms with Crippen LogP contribution in [0.1, 0.15) is 31.1 Å². The maximum atomic E-state index is 13.2. The Kier molecular flexibility index (Phi) is 8.04. The number of fused-ring (bicyclic) bond motifs is 1. The highest BCUT2D eigenvalue weighted by atomic mass is 32.2. The molecule has 0 spiro atoms. The van der Waals surface area contributed by atoms with Gasteiger partial charge in [-0.15, -0.1) is 16.4 Å². The quantitative estimate of drug-likeness (QED) is 0.248. The minimum Gasteiger partial charge on any atom is -0.487 e. The summed E-state index contributed by atoms with van der Waals surface area (Å²) < 4.78 is 30.7. The lowest BCUT2D eigenvalue weighted by molar-refractivity contribution is -0.143. The number of hydrogen-bond acceptors (Lipinski definition) is 9. The van der Waals surface area contributed by atoms with Gasteiger partial charge in [-0.2, -0.15) is 0 Å². The molecule has 0 bridgehead atoms. The summed E-state index contributed by atoms with van der Waals surface area (Å²) in [7, 11) is -3.91. The first kappa shape index (κ1) is 27.2. The Morgan fingerprint density at radius 1 is 1.18 bits per heavy atom. The lowest BCUT2D eigenvalue weighted by Gasteiger charge is -2.22. The van der Waals surface area contributed by atoms with E-state index in [4.69, 9.17) is 9.88 Å². The van der Waals surface area contributed by atoms with E-state index in [1.54, 1.807) is 38.2 Å². The molecule has 12 nitrogen and oxygen atoms in total. The topological polar surface area (TPSA) is 179 Å². The standard InChI is InChI=1S/C24H26N6O6S2/c1-14(2)21(23(32)33)27-22(31)19(10-15-6-4-3-5-7-15)30-12-16(28-29-30)13-36-17-8-9-18-20(11-17)37-24(26-18)38(25,34)35/h3-9,11-12,14,19,21H,10,13H2,1-2H3,(H,27,31)(H,32,33)(H2,25,34,35)/t19-,21?/m0/s1. The first-order valence-electron chi connectivity index (χ1n) is 11.6. The molecule has 0 aliphatic heterocycles. The Labute approximate surface area is 222 Å². The number of sulfonamides is 1. The number of nitrogens with one attached hydrogen (secondary N) is 1. The van der Waals surface area contributed by atoms with Crippen LogP contribution in [0.4, 0.5) is 0 Å². The maximum Gasteiger partial charge on any atom is 0.326 e. The van der Waals surface area contributed by atoms with Crippen molar-refractivity contribution in [3.05, 3.63) is 66.0 Å². The van der Waals surface area contributed by atoms with E-state index in [9.17, 15) is 23.1 Å². The number of aliphatic carboxylic acids is 1. The number of nitrogens with zero attached hydrogens (tertiary/aromatic N) is 4. The van der Waals surface area contributed by atoms with Crippen LogP contribution < -0.4 is 15.2 Å². The van der Waals surface area contributed by atoms with Crippen molar-refractivity contribution in [3.63, 3.8) is 0 Å². The van der Waals surface area contributed by atoms with Crippen LogP contribution in [0.2, 0.25) is 0 Å². The van der Waals surface area contributed by atoms with Crippen molar-refractivity contribution >= 4 is 43.5 Å². The number of ether oxygens (including phenoxy) is 1. The van der Waals surface area contributed by atoms with Crippen molar-refractivity contribution in [1.82, 2.24) is 25.3 Å². The molecule has 4 N–H and O–H groups in total. The van der Waals surface area contributed by atoms with Crippen molar-refractivity contribution in [1.29, 1.82) is 0 Å². The molecule has 1 unspecified atom stereocenters. The van der Waals surface area contributed by atoms with Crippen LogP contribution in [0, 0.1) is 5.92 Å². The Morgan fingerprint density at radius 3 is 2.58 bits per heavy atom. The van der Waals surface area contributed by atoms with E-state index in [2.05, 4.69) is 20.6 Å². The highest BCUT2D eigenvalue weighted by Crippen LogP contribution is 2.28. The molecule has 2 aromatic carbocycles. The average Bonchev–Trinajstić information content (AvgIpc) is 3.51. The molecule has 0 aliphatic carbocycles. The number of carboxylic acid groups (broad SMARTS) is 1. The fraction of sp³-hybridized carbons (Fsp3) is 0.292. The van der Waals surface area contributed by atoms with Crippen LogP contribution in [-0.4, -0.2) is 51.4 Å². The summed E-state index contributed by atoms with van der Waals surface area (Å²) in [4.78, 5) is 28.9. The number of amides is 1. The average molecular weight is 559 g/mol. The van der Waals surface area contributed by atoms with Gasteiger partial charge < -0.3 is 15.2 Å². The molecular formula is C24H26N6O6S2. The van der Waals surface area contributed by atoms with Gasteiger partial charge in [0.2, 0.25) is 10.2 Å². The van der Waals surface area contributed by atoms with Crippen molar-refractivity contribution in [2.75, 3.05) is 0 Å². The van der Waals surface area contributed by atoms with E-state index in [0.717, 1.165) is 16.9 Å². The smallest absolute Gasteiger partial charge is 0.326 e. The Bertz CT molecular complexity index is 1550. The van der Waals surface area contributed by atoms with Gasteiger partial charge in [-0.1, -0.05) is 49.4 Å². The molecule has 2 aromatic heterocycles. The highest BCUT2D eigenvalue weighted by molar-refractivity contribution is 7.91. The van der Waals surface area contributed by atoms with Crippen molar-refractivity contribution in [2.45, 2.75) is 43.3 Å². The maximum absolute atomic E-state index is 13.2. The van der Waals surface area contributed by atoms with Crippen molar-refractivity contribution in [2.24, 2.45) is 11.1 Å². The van der Waals surface area contributed by atoms with Crippen LogP contribution in [0.15, 0.2) is 59.1 Å². The SMILES string of the molecule is CC(C)C(NC(=O)[C@H](Cc1ccccc1)n1cc(COc2ccc3nc(S(N)(=O)=O)sc3c2)nn1)C(=O)O. The zero-order valence-corrected chi connectivity index (χ0v) is 22.1. The molecule has 2 atom stereocenters. The number of carbonyl (C=O) groups is 2. The molecule has 14 heteroatoms. The normalized spacial score (nSPS) is 13.4. The first-order chi connectivity index (χ1) is 18.0. The van der Waals surface area contributed by atoms with Crippen LogP contribution >= 0.6 is 11.3 Å². The van der Waals surface area contributed by atoms with Gasteiger partial charge in [0.1, 0.15) is 30.1 Å². The number of carboxylic acids is 1. The number of aromatic nitrogens is 4. The van der Waals surface area contributed by atoms with Gasteiger partial charge >= 0.3 is 5.97 Å². The fourth-order valence-corrected chi connectivity index (χ4v) is 5.38. The Morgan fingerprint density at radius 2 is 1.92 bits per heavy atom. The van der Waals surface area contributed by atoms with E-state index in [1.165, 1.54) is 4.68 Å². The number of primary sulfonamides is 1. The van der Waals surface area contributed by atoms with E-state index in [-0.39, 0.29) is 23.3 Å². The predicted molar refractivity (Wildman–Crippen MR) is 139 cm³/mol. The van der Waals surface area contributed by atoms with Gasteiger partial charge in [0.15, 0.2) is 0 Å². The molecule has 1 amide bonds. The summed E-state index contributed by atoms with van der Waals surface area (Å²) in [5.41, 5.74) is 1.78. The van der Waals surface area contributed by atoms with Crippen LogP contribution in [0.25, 0.3) is 10.2 Å². The minimum atomic E-state index is -3.91. The van der Waals surface area contributed by atoms with Gasteiger partial charge in [-0.3, -0.25) is 4.79 Å². The third-order valence-electron chi connectivity index (χ3n) is 5.65. The summed E-state index contributed by atoms with van der Waals surface area (Å²) in [6.07, 6.45) is 1.85. The Balaban J connectivity index is 1.51. The summed E-state index contributed by atoms with van der Waals surface area (Å²) in [6.45, 7) is 3.46. The van der Waals surface area contributed by atoms with E-state index >= 15 is 0 Å². The minimum absolute atomic E-state index is 0.0236. The van der Waals surface area contributed by atoms with E-state index in [1.807, 2.05) is 30.3 Å². The van der Waals surface area contributed by atoms with Gasteiger partial charge in [0, 0.05) is 6.42 Å². The number of nitrogens with two attached hydrogens (primary N) is 1. The molecule has 200 valence electrons. The lowest BCUT2D eigenvalue weighted by atomic mass is 10.0. The molecule has 4 rings (SSSR count). The Hall–Kier alpha value is -3.88. The zero-order chi connectivity index (χ0) is 27.4. The lowest BCUT2D eigenvalue weighted by Crippen LogP contribution is -2.47. The number of carbonyl (C=O) groups excluding carboxylic acids is 1. The molecule has 0 fully saturated rings. The molecule has 0 aliphatic rings. The fourth-order valence-electron chi connectivity index (χ4n) is 3.69. The van der Waals surface area contributed by atoms with Crippen molar-refractivity contribution in [3.8, 4) is 5.75 Å². The van der Waals surface area contributed by atoms with Gasteiger partial charge in [-0.05, 0) is 29.7 Å². The molecule has 0 saturated carbocycles. The van der Waals surface area contributed by atoms with Gasteiger partial charge in [-0.25, -0.2) is 28.0 Å². The first-order valence-corrected chi connectivity index (χ1v) is 13.9. The molecule has 0 radical (unpaired) electrons. The molecule has 2 heterocycles. The third kappa shape index (κ3) is 6.51. The van der Waals surface area contributed by atoms with Gasteiger partial charge in [0.05, 0.1) is 16.4 Å². The third-order valence-corrected chi connectivity index (χ3v) is 7.99. The van der Waals surface area contributed by atoms with Crippen molar-refractivity contribution < 1.29 is 27.9 Å². The number of thiazole rings is 1. The largest absolute Gasteiger partial charge is 0.487 e. The predicted octanol–water partition coefficient (Wildman–Crippen LogP) is 2.12. The second-order valence-corrected chi connectivity index (χ2v) is 11.7. The monoisotopic (exact) mass is 558 g/mol. The molecular weight excluding hydrogens is 532 g/mol. The summed E-state index contributed by atoms with van der Waals surface area (Å²) in [5.74, 6) is -1.47. The summed E-state index contributed by atoms with van der Waals surface area (Å²) in [5, 5.41) is 25.5. The van der Waals surface area contributed by atoms with Crippen LogP contribution in [-0.2, 0) is 32.6 Å². The second kappa shape index (κ2) is 11.2. The van der Waals surface area contributed by atoms with Gasteiger partial charge in [0.25, 0.3) is 10.0 Å². The summed E-state index contributed by atoms with van der Waals surface area (Å²) in [6, 6.07) is 12.3. The highest BCUT2D eigenvalue weighted by Gasteiger charge is 2.29. The van der Waals surface area contributed by atoms with Crippen LogP contribution in [0.3, 0.4) is 0 Å². The zero-order valence-electron chi connectivity index (χ0n) is 20.5. The number of benzene rings is 2. The van der Waals surface area contributed by atoms with Crippen LogP contribution in [0.5, 0.6) is 5.75 Å².